The normalized spacial score (nSPS) is 31.5. The van der Waals surface area contributed by atoms with E-state index in [1.54, 1.807) is 0 Å². The predicted molar refractivity (Wildman–Crippen MR) is 59.9 cm³/mol. The van der Waals surface area contributed by atoms with Gasteiger partial charge in [0.1, 0.15) is 0 Å². The monoisotopic (exact) mass is 209 g/mol. The van der Waals surface area contributed by atoms with E-state index in [-0.39, 0.29) is 0 Å². The maximum atomic E-state index is 5.70. The summed E-state index contributed by atoms with van der Waals surface area (Å²) in [6.45, 7) is 4.27. The van der Waals surface area contributed by atoms with Crippen LogP contribution in [-0.4, -0.2) is 28.0 Å². The van der Waals surface area contributed by atoms with Crippen molar-refractivity contribution < 1.29 is 4.74 Å². The summed E-state index contributed by atoms with van der Waals surface area (Å²) >= 11 is 0. The highest BCUT2D eigenvalue weighted by atomic mass is 16.5. The first kappa shape index (κ1) is 10.5. The number of anilines is 1. The third-order valence-corrected chi connectivity index (χ3v) is 2.77. The molecule has 1 saturated heterocycles. The molecule has 4 heteroatoms. The molecule has 1 aromatic heterocycles. The highest BCUT2D eigenvalue weighted by molar-refractivity contribution is 5.39. The Hall–Kier alpha value is -1.03. The molecular weight excluding hydrogens is 190 g/mol. The number of aryl methyl sites for hydroxylation is 1. The fourth-order valence-corrected chi connectivity index (χ4v) is 2.25. The number of aromatic nitrogens is 2. The van der Waals surface area contributed by atoms with Gasteiger partial charge in [-0.15, -0.1) is 0 Å². The van der Waals surface area contributed by atoms with Crippen LogP contribution in [0.25, 0.3) is 0 Å². The van der Waals surface area contributed by atoms with Crippen molar-refractivity contribution in [1.29, 1.82) is 0 Å². The van der Waals surface area contributed by atoms with E-state index in [4.69, 9.17) is 4.74 Å². The predicted octanol–water partition coefficient (Wildman–Crippen LogP) is 1.79. The zero-order valence-corrected chi connectivity index (χ0v) is 9.60. The van der Waals surface area contributed by atoms with Gasteiger partial charge in [-0.3, -0.25) is 4.68 Å². The van der Waals surface area contributed by atoms with Crippen LogP contribution < -0.4 is 5.32 Å². The summed E-state index contributed by atoms with van der Waals surface area (Å²) in [6.07, 6.45) is 6.71. The van der Waals surface area contributed by atoms with E-state index in [1.165, 1.54) is 0 Å². The van der Waals surface area contributed by atoms with Gasteiger partial charge in [0, 0.05) is 19.3 Å². The van der Waals surface area contributed by atoms with Gasteiger partial charge in [-0.1, -0.05) is 0 Å². The van der Waals surface area contributed by atoms with Crippen molar-refractivity contribution in [3.05, 3.63) is 12.4 Å². The fourth-order valence-electron chi connectivity index (χ4n) is 2.25. The van der Waals surface area contributed by atoms with Gasteiger partial charge >= 0.3 is 0 Å². The first-order valence-corrected chi connectivity index (χ1v) is 5.54. The van der Waals surface area contributed by atoms with Crippen molar-refractivity contribution in [1.82, 2.24) is 9.78 Å². The summed E-state index contributed by atoms with van der Waals surface area (Å²) in [5.41, 5.74) is 1.10. The summed E-state index contributed by atoms with van der Waals surface area (Å²) < 4.78 is 7.51. The topological polar surface area (TPSA) is 39.1 Å². The Bertz CT molecular complexity index is 313. The number of hydrogen-bond acceptors (Lipinski definition) is 3. The Kier molecular flexibility index (Phi) is 2.95. The van der Waals surface area contributed by atoms with Crippen LogP contribution in [0.4, 0.5) is 5.69 Å². The summed E-state index contributed by atoms with van der Waals surface area (Å²) in [6, 6.07) is 0.507. The van der Waals surface area contributed by atoms with Crippen LogP contribution in [0.2, 0.25) is 0 Å². The van der Waals surface area contributed by atoms with Gasteiger partial charge < -0.3 is 10.1 Å². The van der Waals surface area contributed by atoms with Gasteiger partial charge in [0.25, 0.3) is 0 Å². The van der Waals surface area contributed by atoms with Crippen LogP contribution in [0, 0.1) is 0 Å². The maximum Gasteiger partial charge on any atom is 0.0728 e. The second-order valence-corrected chi connectivity index (χ2v) is 4.47. The second-order valence-electron chi connectivity index (χ2n) is 4.47. The van der Waals surface area contributed by atoms with E-state index in [0.29, 0.717) is 18.2 Å². The molecule has 2 atom stereocenters. The lowest BCUT2D eigenvalue weighted by molar-refractivity contribution is -0.0337. The molecule has 0 aliphatic carbocycles. The number of ether oxygens (including phenoxy) is 1. The highest BCUT2D eigenvalue weighted by Gasteiger charge is 2.24. The largest absolute Gasteiger partial charge is 0.380 e. The minimum absolute atomic E-state index is 0.350. The van der Waals surface area contributed by atoms with Crippen LogP contribution in [0.1, 0.15) is 26.7 Å². The lowest BCUT2D eigenvalue weighted by Crippen LogP contribution is -2.36. The third kappa shape index (κ3) is 2.72. The van der Waals surface area contributed by atoms with Gasteiger partial charge in [0.05, 0.1) is 24.1 Å². The van der Waals surface area contributed by atoms with Crippen molar-refractivity contribution >= 4 is 5.69 Å². The zero-order valence-electron chi connectivity index (χ0n) is 9.60. The Morgan fingerprint density at radius 1 is 1.40 bits per heavy atom. The highest BCUT2D eigenvalue weighted by Crippen LogP contribution is 2.22. The summed E-state index contributed by atoms with van der Waals surface area (Å²) in [5.74, 6) is 0. The SMILES string of the molecule is CC1CC(Nc2cnn(C)c2)CC(C)O1. The first-order chi connectivity index (χ1) is 7.13. The molecule has 1 N–H and O–H groups in total. The minimum Gasteiger partial charge on any atom is -0.380 e. The van der Waals surface area contributed by atoms with Crippen LogP contribution >= 0.6 is 0 Å². The fraction of sp³-hybridized carbons (Fsp3) is 0.727. The Balaban J connectivity index is 1.94. The summed E-state index contributed by atoms with van der Waals surface area (Å²) in [5, 5.41) is 7.64. The molecule has 0 radical (unpaired) electrons. The lowest BCUT2D eigenvalue weighted by Gasteiger charge is -2.32. The molecule has 0 aromatic carbocycles. The van der Waals surface area contributed by atoms with Gasteiger partial charge in [-0.25, -0.2) is 0 Å². The van der Waals surface area contributed by atoms with E-state index in [0.717, 1.165) is 18.5 Å². The molecule has 2 rings (SSSR count). The van der Waals surface area contributed by atoms with Crippen LogP contribution in [0.3, 0.4) is 0 Å². The molecule has 1 aliphatic heterocycles. The van der Waals surface area contributed by atoms with Crippen molar-refractivity contribution in [2.75, 3.05) is 5.32 Å². The third-order valence-electron chi connectivity index (χ3n) is 2.77. The first-order valence-electron chi connectivity index (χ1n) is 5.54. The van der Waals surface area contributed by atoms with Crippen molar-refractivity contribution in [2.45, 2.75) is 44.9 Å². The van der Waals surface area contributed by atoms with E-state index in [1.807, 2.05) is 24.1 Å². The molecule has 84 valence electrons. The number of hydrogen-bond donors (Lipinski definition) is 1. The van der Waals surface area contributed by atoms with Gasteiger partial charge in [-0.2, -0.15) is 5.10 Å². The second kappa shape index (κ2) is 4.23. The molecule has 1 aliphatic rings. The van der Waals surface area contributed by atoms with Crippen LogP contribution in [0.5, 0.6) is 0 Å². The minimum atomic E-state index is 0.350. The number of nitrogens with one attached hydrogen (secondary N) is 1. The maximum absolute atomic E-state index is 5.70. The van der Waals surface area contributed by atoms with Crippen molar-refractivity contribution in [3.63, 3.8) is 0 Å². The van der Waals surface area contributed by atoms with Crippen molar-refractivity contribution in [3.8, 4) is 0 Å². The van der Waals surface area contributed by atoms with E-state index >= 15 is 0 Å². The average Bonchev–Trinajstić information content (AvgIpc) is 2.49. The molecule has 0 saturated carbocycles. The van der Waals surface area contributed by atoms with E-state index in [9.17, 15) is 0 Å². The Labute approximate surface area is 90.6 Å². The molecule has 15 heavy (non-hydrogen) atoms. The summed E-state index contributed by atoms with van der Waals surface area (Å²) in [7, 11) is 1.93. The zero-order chi connectivity index (χ0) is 10.8. The van der Waals surface area contributed by atoms with Crippen LogP contribution in [0.15, 0.2) is 12.4 Å². The Morgan fingerprint density at radius 2 is 2.07 bits per heavy atom. The molecule has 0 spiro atoms. The van der Waals surface area contributed by atoms with Gasteiger partial charge in [-0.05, 0) is 26.7 Å². The average molecular weight is 209 g/mol. The number of rotatable bonds is 2. The molecule has 2 unspecified atom stereocenters. The molecule has 0 bridgehead atoms. The smallest absolute Gasteiger partial charge is 0.0728 e. The van der Waals surface area contributed by atoms with E-state index < -0.39 is 0 Å². The molecule has 1 aromatic rings. The van der Waals surface area contributed by atoms with Gasteiger partial charge in [0.15, 0.2) is 0 Å². The molecular formula is C11H19N3O. The molecule has 4 nitrogen and oxygen atoms in total. The molecule has 0 amide bonds. The standard InChI is InChI=1S/C11H19N3O/c1-8-4-10(5-9(2)15-8)13-11-6-12-14(3)7-11/h6-10,13H,4-5H2,1-3H3. The lowest BCUT2D eigenvalue weighted by atomic mass is 10.00. The quantitative estimate of drug-likeness (QED) is 0.807. The Morgan fingerprint density at radius 3 is 2.60 bits per heavy atom. The van der Waals surface area contributed by atoms with Crippen molar-refractivity contribution in [2.24, 2.45) is 7.05 Å². The molecule has 2 heterocycles. The van der Waals surface area contributed by atoms with E-state index in [2.05, 4.69) is 24.3 Å². The number of nitrogens with zero attached hydrogens (tertiary/aromatic N) is 2. The van der Waals surface area contributed by atoms with Crippen LogP contribution in [-0.2, 0) is 11.8 Å². The summed E-state index contributed by atoms with van der Waals surface area (Å²) in [4.78, 5) is 0. The molecule has 1 fully saturated rings. The van der Waals surface area contributed by atoms with Gasteiger partial charge in [0.2, 0.25) is 0 Å².